The van der Waals surface area contributed by atoms with Crippen LogP contribution in [0, 0.1) is 5.82 Å². The minimum absolute atomic E-state index is 0.227. The Kier molecular flexibility index (Phi) is 4.76. The Morgan fingerprint density at radius 3 is 2.64 bits per heavy atom. The summed E-state index contributed by atoms with van der Waals surface area (Å²) in [4.78, 5) is 0. The van der Waals surface area contributed by atoms with Gasteiger partial charge in [0.1, 0.15) is 5.82 Å². The fourth-order valence-corrected chi connectivity index (χ4v) is 2.70. The molecule has 3 rings (SSSR count). The summed E-state index contributed by atoms with van der Waals surface area (Å²) in [5, 5.41) is 7.79. The molecule has 0 saturated heterocycles. The number of halogens is 1. The van der Waals surface area contributed by atoms with Gasteiger partial charge in [-0.2, -0.15) is 0 Å². The van der Waals surface area contributed by atoms with Crippen molar-refractivity contribution in [1.82, 2.24) is 10.5 Å². The molecule has 1 unspecified atom stereocenters. The Balaban J connectivity index is 1.77. The van der Waals surface area contributed by atoms with Gasteiger partial charge in [0.2, 0.25) is 0 Å². The number of nitrogen functional groups attached to an aromatic ring is 1. The summed E-state index contributed by atoms with van der Waals surface area (Å²) in [6.45, 7) is 2.42. The van der Waals surface area contributed by atoms with Crippen molar-refractivity contribution < 1.29 is 18.4 Å². The SMILES string of the molecule is COc1cc(F)c(C(C)NCc2ccc3onc(N)c3c2)cc1OC. The van der Waals surface area contributed by atoms with Gasteiger partial charge in [-0.05, 0) is 30.7 Å². The van der Waals surface area contributed by atoms with Crippen molar-refractivity contribution in [3.8, 4) is 11.5 Å². The summed E-state index contributed by atoms with van der Waals surface area (Å²) < 4.78 is 29.8. The molecule has 3 N–H and O–H groups in total. The van der Waals surface area contributed by atoms with Gasteiger partial charge in [-0.25, -0.2) is 4.39 Å². The second-order valence-electron chi connectivity index (χ2n) is 5.73. The third-order valence-electron chi connectivity index (χ3n) is 4.14. The molecule has 0 fully saturated rings. The number of anilines is 1. The van der Waals surface area contributed by atoms with Gasteiger partial charge in [-0.1, -0.05) is 11.2 Å². The lowest BCUT2D eigenvalue weighted by atomic mass is 10.1. The minimum Gasteiger partial charge on any atom is -0.493 e. The molecule has 3 aromatic rings. The molecule has 0 saturated carbocycles. The number of nitrogens with zero attached hydrogens (tertiary/aromatic N) is 1. The molecule has 132 valence electrons. The lowest BCUT2D eigenvalue weighted by Crippen LogP contribution is -2.19. The highest BCUT2D eigenvalue weighted by Gasteiger charge is 2.16. The summed E-state index contributed by atoms with van der Waals surface area (Å²) in [5.41, 5.74) is 7.91. The number of aromatic nitrogens is 1. The predicted molar refractivity (Wildman–Crippen MR) is 93.2 cm³/mol. The maximum atomic E-state index is 14.3. The van der Waals surface area contributed by atoms with Crippen molar-refractivity contribution in [2.24, 2.45) is 0 Å². The van der Waals surface area contributed by atoms with Crippen molar-refractivity contribution in [3.05, 3.63) is 47.3 Å². The fraction of sp³-hybridized carbons (Fsp3) is 0.278. The number of fused-ring (bicyclic) bond motifs is 1. The first-order valence-electron chi connectivity index (χ1n) is 7.82. The highest BCUT2D eigenvalue weighted by molar-refractivity contribution is 5.87. The number of rotatable bonds is 6. The van der Waals surface area contributed by atoms with Gasteiger partial charge < -0.3 is 25.0 Å². The molecule has 0 aliphatic heterocycles. The van der Waals surface area contributed by atoms with Gasteiger partial charge in [-0.3, -0.25) is 0 Å². The molecule has 1 heterocycles. The lowest BCUT2D eigenvalue weighted by molar-refractivity contribution is 0.350. The summed E-state index contributed by atoms with van der Waals surface area (Å²) in [6, 6.07) is 8.39. The van der Waals surface area contributed by atoms with Crippen LogP contribution in [-0.4, -0.2) is 19.4 Å². The average Bonchev–Trinajstić information content (AvgIpc) is 3.00. The summed E-state index contributed by atoms with van der Waals surface area (Å²) in [7, 11) is 3.00. The van der Waals surface area contributed by atoms with Gasteiger partial charge >= 0.3 is 0 Å². The summed E-state index contributed by atoms with van der Waals surface area (Å²) in [6.07, 6.45) is 0. The van der Waals surface area contributed by atoms with Crippen LogP contribution in [0.2, 0.25) is 0 Å². The maximum Gasteiger partial charge on any atom is 0.174 e. The number of nitrogens with two attached hydrogens (primary N) is 1. The van der Waals surface area contributed by atoms with Crippen molar-refractivity contribution >= 4 is 16.8 Å². The molecular formula is C18H20FN3O3. The van der Waals surface area contributed by atoms with E-state index in [-0.39, 0.29) is 11.9 Å². The Labute approximate surface area is 144 Å². The van der Waals surface area contributed by atoms with E-state index < -0.39 is 0 Å². The van der Waals surface area contributed by atoms with Crippen molar-refractivity contribution in [2.45, 2.75) is 19.5 Å². The summed E-state index contributed by atoms with van der Waals surface area (Å²) in [5.74, 6) is 0.864. The minimum atomic E-state index is -0.351. The van der Waals surface area contributed by atoms with E-state index in [1.807, 2.05) is 25.1 Å². The van der Waals surface area contributed by atoms with E-state index in [2.05, 4.69) is 10.5 Å². The summed E-state index contributed by atoms with van der Waals surface area (Å²) >= 11 is 0. The van der Waals surface area contributed by atoms with Crippen LogP contribution in [0.25, 0.3) is 11.0 Å². The van der Waals surface area contributed by atoms with Crippen LogP contribution < -0.4 is 20.5 Å². The number of methoxy groups -OCH3 is 2. The molecular weight excluding hydrogens is 325 g/mol. The van der Waals surface area contributed by atoms with Crippen molar-refractivity contribution in [3.63, 3.8) is 0 Å². The predicted octanol–water partition coefficient (Wildman–Crippen LogP) is 3.42. The molecule has 7 heteroatoms. The zero-order chi connectivity index (χ0) is 18.0. The molecule has 0 bridgehead atoms. The second kappa shape index (κ2) is 6.98. The topological polar surface area (TPSA) is 82.5 Å². The molecule has 0 radical (unpaired) electrons. The molecule has 2 aromatic carbocycles. The first kappa shape index (κ1) is 17.0. The van der Waals surface area contributed by atoms with Crippen molar-refractivity contribution in [2.75, 3.05) is 20.0 Å². The molecule has 25 heavy (non-hydrogen) atoms. The Hall–Kier alpha value is -2.80. The van der Waals surface area contributed by atoms with Crippen LogP contribution in [0.15, 0.2) is 34.9 Å². The monoisotopic (exact) mass is 345 g/mol. The number of nitrogens with one attached hydrogen (secondary N) is 1. The average molecular weight is 345 g/mol. The second-order valence-corrected chi connectivity index (χ2v) is 5.73. The number of benzene rings is 2. The van der Waals surface area contributed by atoms with Crippen molar-refractivity contribution in [1.29, 1.82) is 0 Å². The van der Waals surface area contributed by atoms with Crippen LogP contribution in [0.3, 0.4) is 0 Å². The molecule has 0 aliphatic rings. The van der Waals surface area contributed by atoms with E-state index in [1.54, 1.807) is 6.07 Å². The van der Waals surface area contributed by atoms with Gasteiger partial charge in [0.05, 0.1) is 19.6 Å². The van der Waals surface area contributed by atoms with Gasteiger partial charge in [0.15, 0.2) is 22.9 Å². The van der Waals surface area contributed by atoms with Crippen LogP contribution in [0.1, 0.15) is 24.1 Å². The maximum absolute atomic E-state index is 14.3. The van der Waals surface area contributed by atoms with E-state index in [0.29, 0.717) is 35.0 Å². The number of hydrogen-bond donors (Lipinski definition) is 2. The molecule has 0 spiro atoms. The van der Waals surface area contributed by atoms with E-state index in [0.717, 1.165) is 10.9 Å². The van der Waals surface area contributed by atoms with E-state index in [1.165, 1.54) is 20.3 Å². The number of ether oxygens (including phenoxy) is 2. The standard InChI is InChI=1S/C18H20FN3O3/c1-10(12-7-16(23-2)17(24-3)8-14(12)19)21-9-11-4-5-15-13(6-11)18(20)22-25-15/h4-8,10,21H,9H2,1-3H3,(H2,20,22). The van der Waals surface area contributed by atoms with Gasteiger partial charge in [0.25, 0.3) is 0 Å². The molecule has 1 atom stereocenters. The molecule has 6 nitrogen and oxygen atoms in total. The van der Waals surface area contributed by atoms with Crippen LogP contribution in [0.4, 0.5) is 10.2 Å². The van der Waals surface area contributed by atoms with Gasteiger partial charge in [-0.15, -0.1) is 0 Å². The van der Waals surface area contributed by atoms with Crippen LogP contribution in [-0.2, 0) is 6.54 Å². The number of hydrogen-bond acceptors (Lipinski definition) is 6. The molecule has 1 aromatic heterocycles. The zero-order valence-corrected chi connectivity index (χ0v) is 14.3. The van der Waals surface area contributed by atoms with E-state index >= 15 is 0 Å². The Bertz CT molecular complexity index is 895. The fourth-order valence-electron chi connectivity index (χ4n) is 2.70. The highest BCUT2D eigenvalue weighted by Crippen LogP contribution is 2.32. The zero-order valence-electron chi connectivity index (χ0n) is 14.3. The first-order chi connectivity index (χ1) is 12.0. The molecule has 0 aliphatic carbocycles. The normalized spacial score (nSPS) is 12.3. The van der Waals surface area contributed by atoms with Crippen LogP contribution >= 0.6 is 0 Å². The lowest BCUT2D eigenvalue weighted by Gasteiger charge is -2.17. The largest absolute Gasteiger partial charge is 0.493 e. The quantitative estimate of drug-likeness (QED) is 0.712. The van der Waals surface area contributed by atoms with E-state index in [4.69, 9.17) is 19.7 Å². The van der Waals surface area contributed by atoms with Gasteiger partial charge in [0, 0.05) is 24.2 Å². The third kappa shape index (κ3) is 3.36. The first-order valence-corrected chi connectivity index (χ1v) is 7.82. The van der Waals surface area contributed by atoms with Crippen LogP contribution in [0.5, 0.6) is 11.5 Å². The smallest absolute Gasteiger partial charge is 0.174 e. The molecule has 0 amide bonds. The Morgan fingerprint density at radius 1 is 1.20 bits per heavy atom. The Morgan fingerprint density at radius 2 is 1.92 bits per heavy atom. The highest BCUT2D eigenvalue weighted by atomic mass is 19.1. The van der Waals surface area contributed by atoms with E-state index in [9.17, 15) is 4.39 Å². The third-order valence-corrected chi connectivity index (χ3v) is 4.14.